The molecule has 0 amide bonds. The molecule has 12 heavy (non-hydrogen) atoms. The van der Waals surface area contributed by atoms with Gasteiger partial charge in [0.15, 0.2) is 0 Å². The largest absolute Gasteiger partial charge is 0.365 e. The van der Waals surface area contributed by atoms with Gasteiger partial charge in [-0.15, -0.1) is 0 Å². The van der Waals surface area contributed by atoms with E-state index in [1.54, 1.807) is 0 Å². The number of aromatic nitrogens is 2. The van der Waals surface area contributed by atoms with Crippen molar-refractivity contribution in [3.8, 4) is 0 Å². The molecule has 4 nitrogen and oxygen atoms in total. The van der Waals surface area contributed by atoms with Crippen molar-refractivity contribution in [1.29, 1.82) is 0 Å². The lowest BCUT2D eigenvalue weighted by Crippen LogP contribution is -2.08. The summed E-state index contributed by atoms with van der Waals surface area (Å²) in [4.78, 5) is 4.02. The minimum Gasteiger partial charge on any atom is -0.365 e. The van der Waals surface area contributed by atoms with Crippen molar-refractivity contribution in [2.75, 3.05) is 17.2 Å². The number of thioether (sulfide) groups is 1. The minimum absolute atomic E-state index is 0.251. The van der Waals surface area contributed by atoms with Crippen LogP contribution in [-0.4, -0.2) is 21.6 Å². The molecule has 0 spiro atoms. The maximum atomic E-state index is 5.36. The summed E-state index contributed by atoms with van der Waals surface area (Å²) in [6.45, 7) is 0. The van der Waals surface area contributed by atoms with E-state index in [-0.39, 0.29) is 5.95 Å². The fourth-order valence-corrected chi connectivity index (χ4v) is 2.48. The van der Waals surface area contributed by atoms with E-state index in [1.165, 1.54) is 12.2 Å². The highest BCUT2D eigenvalue weighted by atomic mass is 32.2. The van der Waals surface area contributed by atoms with Crippen LogP contribution in [0.2, 0.25) is 0 Å². The Kier molecular flexibility index (Phi) is 2.21. The van der Waals surface area contributed by atoms with Crippen LogP contribution in [0.4, 0.5) is 5.95 Å². The van der Waals surface area contributed by atoms with E-state index in [2.05, 4.69) is 10.1 Å². The Balaban J connectivity index is 2.08. The first kappa shape index (κ1) is 7.91. The normalized spacial score (nSPS) is 24.2. The standard InChI is InChI=1S/C7H11N3OS/c8-7-9-6(11-10-7)5-2-1-3-12-4-5/h5H,1-4H2,(H2,8,10). The van der Waals surface area contributed by atoms with Gasteiger partial charge in [0.2, 0.25) is 5.89 Å². The van der Waals surface area contributed by atoms with E-state index >= 15 is 0 Å². The third-order valence-corrected chi connectivity index (χ3v) is 3.18. The van der Waals surface area contributed by atoms with E-state index in [1.807, 2.05) is 11.8 Å². The molecule has 1 aromatic rings. The highest BCUT2D eigenvalue weighted by Gasteiger charge is 2.21. The van der Waals surface area contributed by atoms with E-state index < -0.39 is 0 Å². The zero-order chi connectivity index (χ0) is 8.39. The molecule has 1 fully saturated rings. The molecule has 2 rings (SSSR count). The number of hydrogen-bond acceptors (Lipinski definition) is 5. The lowest BCUT2D eigenvalue weighted by atomic mass is 10.1. The number of hydrogen-bond donors (Lipinski definition) is 1. The quantitative estimate of drug-likeness (QED) is 0.713. The Bertz CT molecular complexity index is 257. The van der Waals surface area contributed by atoms with Gasteiger partial charge in [-0.2, -0.15) is 16.7 Å². The molecule has 2 N–H and O–H groups in total. The summed E-state index contributed by atoms with van der Waals surface area (Å²) in [5, 5.41) is 3.57. The molecule has 2 heterocycles. The van der Waals surface area contributed by atoms with E-state index in [9.17, 15) is 0 Å². The fourth-order valence-electron chi connectivity index (χ4n) is 1.35. The van der Waals surface area contributed by atoms with Gasteiger partial charge in [-0.3, -0.25) is 0 Å². The Labute approximate surface area is 74.9 Å². The van der Waals surface area contributed by atoms with Crippen molar-refractivity contribution in [2.24, 2.45) is 0 Å². The van der Waals surface area contributed by atoms with Gasteiger partial charge in [0.1, 0.15) is 0 Å². The van der Waals surface area contributed by atoms with Crippen molar-refractivity contribution in [3.63, 3.8) is 0 Å². The molecule has 0 aromatic carbocycles. The van der Waals surface area contributed by atoms with Gasteiger partial charge in [-0.25, -0.2) is 0 Å². The fraction of sp³-hybridized carbons (Fsp3) is 0.714. The van der Waals surface area contributed by atoms with E-state index in [4.69, 9.17) is 10.3 Å². The average Bonchev–Trinajstić information content (AvgIpc) is 2.54. The molecule has 0 saturated carbocycles. The first-order valence-electron chi connectivity index (χ1n) is 4.03. The van der Waals surface area contributed by atoms with Crippen molar-refractivity contribution < 1.29 is 4.52 Å². The van der Waals surface area contributed by atoms with Gasteiger partial charge in [0.05, 0.1) is 0 Å². The van der Waals surface area contributed by atoms with Crippen LogP contribution in [0.25, 0.3) is 0 Å². The van der Waals surface area contributed by atoms with Crippen LogP contribution in [0.5, 0.6) is 0 Å². The van der Waals surface area contributed by atoms with E-state index in [0.717, 1.165) is 12.2 Å². The monoisotopic (exact) mass is 185 g/mol. The first-order valence-corrected chi connectivity index (χ1v) is 5.18. The Morgan fingerprint density at radius 1 is 1.58 bits per heavy atom. The van der Waals surface area contributed by atoms with E-state index in [0.29, 0.717) is 11.8 Å². The Morgan fingerprint density at radius 3 is 3.08 bits per heavy atom. The first-order chi connectivity index (χ1) is 5.86. The van der Waals surface area contributed by atoms with Crippen LogP contribution in [0.15, 0.2) is 4.52 Å². The number of nitrogens with zero attached hydrogens (tertiary/aromatic N) is 2. The molecule has 1 aliphatic heterocycles. The maximum absolute atomic E-state index is 5.36. The minimum atomic E-state index is 0.251. The topological polar surface area (TPSA) is 64.9 Å². The van der Waals surface area contributed by atoms with Crippen LogP contribution in [0.1, 0.15) is 24.7 Å². The second-order valence-corrected chi connectivity index (χ2v) is 4.05. The number of nitrogen functional groups attached to an aromatic ring is 1. The predicted molar refractivity (Wildman–Crippen MR) is 48.0 cm³/mol. The summed E-state index contributed by atoms with van der Waals surface area (Å²) in [7, 11) is 0. The third-order valence-electron chi connectivity index (χ3n) is 1.97. The van der Waals surface area contributed by atoms with Crippen LogP contribution in [0.3, 0.4) is 0 Å². The molecule has 0 radical (unpaired) electrons. The van der Waals surface area contributed by atoms with Gasteiger partial charge < -0.3 is 10.3 Å². The smallest absolute Gasteiger partial charge is 0.260 e. The lowest BCUT2D eigenvalue weighted by Gasteiger charge is -2.16. The highest BCUT2D eigenvalue weighted by molar-refractivity contribution is 7.99. The van der Waals surface area contributed by atoms with Crippen molar-refractivity contribution >= 4 is 17.7 Å². The number of rotatable bonds is 1. The lowest BCUT2D eigenvalue weighted by molar-refractivity contribution is 0.354. The van der Waals surface area contributed by atoms with Crippen LogP contribution >= 0.6 is 11.8 Å². The Hall–Kier alpha value is -0.710. The number of nitrogens with two attached hydrogens (primary N) is 1. The zero-order valence-corrected chi connectivity index (χ0v) is 7.51. The van der Waals surface area contributed by atoms with Gasteiger partial charge in [0, 0.05) is 11.7 Å². The summed E-state index contributed by atoms with van der Waals surface area (Å²) >= 11 is 1.94. The third kappa shape index (κ3) is 1.55. The van der Waals surface area contributed by atoms with Gasteiger partial charge in [-0.1, -0.05) is 0 Å². The molecule has 1 aromatic heterocycles. The molecule has 5 heteroatoms. The van der Waals surface area contributed by atoms with Gasteiger partial charge in [0.25, 0.3) is 5.95 Å². The zero-order valence-electron chi connectivity index (χ0n) is 6.69. The summed E-state index contributed by atoms with van der Waals surface area (Å²) in [6.07, 6.45) is 2.38. The molecule has 1 atom stereocenters. The van der Waals surface area contributed by atoms with Crippen molar-refractivity contribution in [2.45, 2.75) is 18.8 Å². The summed E-state index contributed by atoms with van der Waals surface area (Å²) in [5.41, 5.74) is 5.36. The van der Waals surface area contributed by atoms with Crippen LogP contribution in [-0.2, 0) is 0 Å². The molecule has 0 bridgehead atoms. The molecule has 1 saturated heterocycles. The molecule has 0 aliphatic carbocycles. The second-order valence-electron chi connectivity index (χ2n) is 2.90. The van der Waals surface area contributed by atoms with Crippen molar-refractivity contribution in [1.82, 2.24) is 10.1 Å². The molecule has 1 unspecified atom stereocenters. The average molecular weight is 185 g/mol. The molecular weight excluding hydrogens is 174 g/mol. The maximum Gasteiger partial charge on any atom is 0.260 e. The SMILES string of the molecule is Nc1noc(C2CCCSC2)n1. The second kappa shape index (κ2) is 3.35. The van der Waals surface area contributed by atoms with Crippen LogP contribution in [0, 0.1) is 0 Å². The molecule has 1 aliphatic rings. The highest BCUT2D eigenvalue weighted by Crippen LogP contribution is 2.30. The van der Waals surface area contributed by atoms with Crippen LogP contribution < -0.4 is 5.73 Å². The summed E-state index contributed by atoms with van der Waals surface area (Å²) in [6, 6.07) is 0. The van der Waals surface area contributed by atoms with Gasteiger partial charge >= 0.3 is 0 Å². The van der Waals surface area contributed by atoms with Gasteiger partial charge in [-0.05, 0) is 23.8 Å². The summed E-state index contributed by atoms with van der Waals surface area (Å²) in [5.74, 6) is 3.72. The van der Waals surface area contributed by atoms with Crippen molar-refractivity contribution in [3.05, 3.63) is 5.89 Å². The number of anilines is 1. The molecule has 66 valence electrons. The summed E-state index contributed by atoms with van der Waals surface area (Å²) < 4.78 is 5.00. The Morgan fingerprint density at radius 2 is 2.50 bits per heavy atom. The molecular formula is C7H11N3OS. The predicted octanol–water partition coefficient (Wildman–Crippen LogP) is 1.26.